The predicted octanol–water partition coefficient (Wildman–Crippen LogP) is 2.25. The van der Waals surface area contributed by atoms with Crippen molar-refractivity contribution in [1.29, 1.82) is 0 Å². The molecule has 1 heterocycles. The van der Waals surface area contributed by atoms with E-state index in [1.54, 1.807) is 12.3 Å². The van der Waals surface area contributed by atoms with E-state index < -0.39 is 10.0 Å². The molecule has 0 radical (unpaired) electrons. The highest BCUT2D eigenvalue weighted by atomic mass is 32.2. The predicted molar refractivity (Wildman–Crippen MR) is 82.4 cm³/mol. The van der Waals surface area contributed by atoms with Crippen molar-refractivity contribution >= 4 is 10.0 Å². The fraction of sp³-hybridized carbons (Fsp3) is 0.733. The Bertz CT molecular complexity index is 545. The number of aliphatic hydroxyl groups is 1. The summed E-state index contributed by atoms with van der Waals surface area (Å²) in [5, 5.41) is 9.31. The van der Waals surface area contributed by atoms with Crippen LogP contribution >= 0.6 is 0 Å². The molecule has 1 aliphatic rings. The Labute approximate surface area is 127 Å². The maximum absolute atomic E-state index is 12.3. The fourth-order valence-electron chi connectivity index (χ4n) is 3.03. The molecule has 21 heavy (non-hydrogen) atoms. The van der Waals surface area contributed by atoms with E-state index in [0.717, 1.165) is 12.8 Å². The zero-order valence-electron chi connectivity index (χ0n) is 12.7. The number of aliphatic hydroxyl groups excluding tert-OH is 1. The smallest absolute Gasteiger partial charge is 0.242 e. The third kappa shape index (κ3) is 4.31. The molecule has 5 nitrogen and oxygen atoms in total. The minimum Gasteiger partial charge on any atom is -0.390 e. The molecular formula is C15H26N2O3S. The quantitative estimate of drug-likeness (QED) is 0.773. The summed E-state index contributed by atoms with van der Waals surface area (Å²) in [5.41, 5.74) is 0.646. The molecule has 2 N–H and O–H groups in total. The molecule has 0 atom stereocenters. The topological polar surface area (TPSA) is 71.3 Å². The molecule has 6 heteroatoms. The molecule has 0 saturated heterocycles. The summed E-state index contributed by atoms with van der Waals surface area (Å²) >= 11 is 0. The lowest BCUT2D eigenvalue weighted by atomic mass is 10.1. The number of aromatic nitrogens is 1. The Morgan fingerprint density at radius 3 is 2.71 bits per heavy atom. The van der Waals surface area contributed by atoms with Crippen LogP contribution in [-0.2, 0) is 23.2 Å². The van der Waals surface area contributed by atoms with Gasteiger partial charge in [0.05, 0.1) is 11.5 Å². The van der Waals surface area contributed by atoms with Gasteiger partial charge in [0.15, 0.2) is 0 Å². The molecule has 0 aliphatic heterocycles. The zero-order chi connectivity index (χ0) is 15.3. The van der Waals surface area contributed by atoms with Gasteiger partial charge in [-0.15, -0.1) is 0 Å². The number of nitrogens with one attached hydrogen (secondary N) is 1. The van der Waals surface area contributed by atoms with Gasteiger partial charge in [0, 0.05) is 25.0 Å². The number of sulfonamides is 1. The first-order valence-electron chi connectivity index (χ1n) is 7.86. The van der Waals surface area contributed by atoms with E-state index in [-0.39, 0.29) is 11.5 Å². The van der Waals surface area contributed by atoms with Crippen LogP contribution in [0.3, 0.4) is 0 Å². The molecule has 120 valence electrons. The SMILES string of the molecule is CCCn1cc(S(=O)(=O)NCCC2CCCC2)cc1CO. The Balaban J connectivity index is 1.97. The van der Waals surface area contributed by atoms with Crippen LogP contribution in [0, 0.1) is 5.92 Å². The highest BCUT2D eigenvalue weighted by Crippen LogP contribution is 2.27. The lowest BCUT2D eigenvalue weighted by Gasteiger charge is -2.09. The largest absolute Gasteiger partial charge is 0.390 e. The minimum absolute atomic E-state index is 0.141. The van der Waals surface area contributed by atoms with Crippen molar-refractivity contribution in [3.8, 4) is 0 Å². The van der Waals surface area contributed by atoms with Crippen LogP contribution in [0.15, 0.2) is 17.2 Å². The van der Waals surface area contributed by atoms with Crippen LogP contribution < -0.4 is 4.72 Å². The Kier molecular flexibility index (Phi) is 5.84. The van der Waals surface area contributed by atoms with Gasteiger partial charge in [-0.1, -0.05) is 32.6 Å². The highest BCUT2D eigenvalue weighted by Gasteiger charge is 2.19. The molecule has 0 amide bonds. The van der Waals surface area contributed by atoms with Crippen LogP contribution in [-0.4, -0.2) is 24.6 Å². The number of rotatable bonds is 8. The van der Waals surface area contributed by atoms with Crippen molar-refractivity contribution in [3.63, 3.8) is 0 Å². The number of aryl methyl sites for hydroxylation is 1. The minimum atomic E-state index is -3.46. The van der Waals surface area contributed by atoms with Gasteiger partial charge in [0.1, 0.15) is 0 Å². The van der Waals surface area contributed by atoms with E-state index >= 15 is 0 Å². The molecule has 1 aromatic rings. The van der Waals surface area contributed by atoms with Crippen LogP contribution in [0.25, 0.3) is 0 Å². The summed E-state index contributed by atoms with van der Waals surface area (Å²) in [4.78, 5) is 0.256. The van der Waals surface area contributed by atoms with Gasteiger partial charge in [-0.05, 0) is 24.8 Å². The zero-order valence-corrected chi connectivity index (χ0v) is 13.5. The molecule has 1 saturated carbocycles. The van der Waals surface area contributed by atoms with Crippen LogP contribution in [0.5, 0.6) is 0 Å². The second-order valence-corrected chi connectivity index (χ2v) is 7.62. The average molecular weight is 314 g/mol. The van der Waals surface area contributed by atoms with Crippen molar-refractivity contribution in [1.82, 2.24) is 9.29 Å². The van der Waals surface area contributed by atoms with E-state index in [2.05, 4.69) is 4.72 Å². The van der Waals surface area contributed by atoms with Crippen molar-refractivity contribution in [2.45, 2.75) is 63.5 Å². The fourth-order valence-corrected chi connectivity index (χ4v) is 4.14. The van der Waals surface area contributed by atoms with Gasteiger partial charge in [0.25, 0.3) is 0 Å². The normalized spacial score (nSPS) is 16.7. The lowest BCUT2D eigenvalue weighted by Crippen LogP contribution is -2.25. The van der Waals surface area contributed by atoms with Crippen LogP contribution in [0.2, 0.25) is 0 Å². The average Bonchev–Trinajstić information content (AvgIpc) is 3.08. The second kappa shape index (κ2) is 7.42. The third-order valence-corrected chi connectivity index (χ3v) is 5.65. The Hall–Kier alpha value is -0.850. The molecular weight excluding hydrogens is 288 g/mol. The second-order valence-electron chi connectivity index (χ2n) is 5.86. The molecule has 1 fully saturated rings. The summed E-state index contributed by atoms with van der Waals surface area (Å²) in [6.45, 7) is 3.10. The van der Waals surface area contributed by atoms with E-state index in [9.17, 15) is 13.5 Å². The van der Waals surface area contributed by atoms with Crippen LogP contribution in [0.1, 0.15) is 51.1 Å². The molecule has 0 spiro atoms. The molecule has 1 aromatic heterocycles. The standard InChI is InChI=1S/C15H26N2O3S/c1-2-9-17-11-15(10-14(17)12-18)21(19,20)16-8-7-13-5-3-4-6-13/h10-11,13,16,18H,2-9,12H2,1H3. The van der Waals surface area contributed by atoms with Gasteiger partial charge >= 0.3 is 0 Å². The van der Waals surface area contributed by atoms with Crippen molar-refractivity contribution < 1.29 is 13.5 Å². The molecule has 1 aliphatic carbocycles. The van der Waals surface area contributed by atoms with E-state index in [0.29, 0.717) is 24.7 Å². The Morgan fingerprint density at radius 2 is 2.10 bits per heavy atom. The summed E-state index contributed by atoms with van der Waals surface area (Å²) in [5.74, 6) is 0.672. The number of nitrogens with zero attached hydrogens (tertiary/aromatic N) is 1. The number of hydrogen-bond donors (Lipinski definition) is 2. The molecule has 2 rings (SSSR count). The van der Waals surface area contributed by atoms with Gasteiger partial charge in [-0.3, -0.25) is 0 Å². The first-order valence-corrected chi connectivity index (χ1v) is 9.34. The maximum Gasteiger partial charge on any atom is 0.242 e. The third-order valence-electron chi connectivity index (χ3n) is 4.22. The van der Waals surface area contributed by atoms with Crippen molar-refractivity contribution in [2.75, 3.05) is 6.54 Å². The van der Waals surface area contributed by atoms with Crippen molar-refractivity contribution in [3.05, 3.63) is 18.0 Å². The van der Waals surface area contributed by atoms with Crippen LogP contribution in [0.4, 0.5) is 0 Å². The highest BCUT2D eigenvalue weighted by molar-refractivity contribution is 7.89. The monoisotopic (exact) mass is 314 g/mol. The lowest BCUT2D eigenvalue weighted by molar-refractivity contribution is 0.270. The maximum atomic E-state index is 12.3. The summed E-state index contributed by atoms with van der Waals surface area (Å²) in [6.07, 6.45) is 8.44. The molecule has 0 unspecified atom stereocenters. The van der Waals surface area contributed by atoms with E-state index in [4.69, 9.17) is 0 Å². The van der Waals surface area contributed by atoms with Gasteiger partial charge in [0.2, 0.25) is 10.0 Å². The molecule has 0 aromatic carbocycles. The Morgan fingerprint density at radius 1 is 1.38 bits per heavy atom. The van der Waals surface area contributed by atoms with E-state index in [1.807, 2.05) is 11.5 Å². The number of hydrogen-bond acceptors (Lipinski definition) is 3. The first kappa shape index (κ1) is 16.5. The van der Waals surface area contributed by atoms with E-state index in [1.165, 1.54) is 25.7 Å². The van der Waals surface area contributed by atoms with Gasteiger partial charge in [-0.25, -0.2) is 13.1 Å². The first-order chi connectivity index (χ1) is 10.1. The molecule has 0 bridgehead atoms. The van der Waals surface area contributed by atoms with Crippen molar-refractivity contribution in [2.24, 2.45) is 5.92 Å². The summed E-state index contributed by atoms with van der Waals surface area (Å²) in [6, 6.07) is 1.56. The summed E-state index contributed by atoms with van der Waals surface area (Å²) in [7, 11) is -3.46. The summed E-state index contributed by atoms with van der Waals surface area (Å²) < 4.78 is 29.1. The van der Waals surface area contributed by atoms with Gasteiger partial charge in [-0.2, -0.15) is 0 Å². The van der Waals surface area contributed by atoms with Gasteiger partial charge < -0.3 is 9.67 Å².